The summed E-state index contributed by atoms with van der Waals surface area (Å²) >= 11 is 1.21. The lowest BCUT2D eigenvalue weighted by molar-refractivity contribution is -0.128. The Labute approximate surface area is 156 Å². The largest absolute Gasteiger partial charge is 0.493 e. The highest BCUT2D eigenvalue weighted by Crippen LogP contribution is 2.28. The third-order valence-corrected chi connectivity index (χ3v) is 4.46. The van der Waals surface area contributed by atoms with Crippen LogP contribution in [0.3, 0.4) is 0 Å². The number of rotatable bonds is 8. The summed E-state index contributed by atoms with van der Waals surface area (Å²) in [5, 5.41) is 0.387. The average molecular weight is 377 g/mol. The summed E-state index contributed by atoms with van der Waals surface area (Å²) in [6.45, 7) is 2.97. The van der Waals surface area contributed by atoms with Gasteiger partial charge >= 0.3 is 0 Å². The van der Waals surface area contributed by atoms with Crippen LogP contribution in [0.25, 0.3) is 0 Å². The van der Waals surface area contributed by atoms with E-state index in [1.54, 1.807) is 19.1 Å². The fourth-order valence-electron chi connectivity index (χ4n) is 2.32. The minimum atomic E-state index is -0.0307. The number of carbonyl (C=O) groups excluding carboxylic acids is 1. The number of nitrogen functional groups attached to an aromatic ring is 2. The van der Waals surface area contributed by atoms with Gasteiger partial charge in [0.2, 0.25) is 5.91 Å². The Balaban J connectivity index is 2.02. The third kappa shape index (κ3) is 5.16. The van der Waals surface area contributed by atoms with Crippen LogP contribution in [0, 0.1) is 0 Å². The van der Waals surface area contributed by atoms with Crippen molar-refractivity contribution in [2.24, 2.45) is 0 Å². The van der Waals surface area contributed by atoms with Gasteiger partial charge in [-0.15, -0.1) is 0 Å². The highest BCUT2D eigenvalue weighted by molar-refractivity contribution is 7.99. The van der Waals surface area contributed by atoms with E-state index in [2.05, 4.69) is 9.97 Å². The van der Waals surface area contributed by atoms with E-state index < -0.39 is 0 Å². The van der Waals surface area contributed by atoms with Gasteiger partial charge in [-0.25, -0.2) is 9.97 Å². The van der Waals surface area contributed by atoms with Crippen molar-refractivity contribution in [2.45, 2.75) is 18.6 Å². The van der Waals surface area contributed by atoms with Crippen LogP contribution in [-0.4, -0.2) is 47.3 Å². The summed E-state index contributed by atoms with van der Waals surface area (Å²) in [6.07, 6.45) is 0. The Kier molecular flexibility index (Phi) is 6.90. The molecule has 0 unspecified atom stereocenters. The summed E-state index contributed by atoms with van der Waals surface area (Å²) in [5.74, 6) is 2.01. The van der Waals surface area contributed by atoms with E-state index >= 15 is 0 Å². The Bertz CT molecular complexity index is 752. The minimum Gasteiger partial charge on any atom is -0.493 e. The molecule has 2 aromatic rings. The second-order valence-electron chi connectivity index (χ2n) is 5.39. The van der Waals surface area contributed by atoms with Gasteiger partial charge in [0, 0.05) is 19.2 Å². The fourth-order valence-corrected chi connectivity index (χ4v) is 3.09. The average Bonchev–Trinajstić information content (AvgIpc) is 2.63. The first-order chi connectivity index (χ1) is 12.5. The van der Waals surface area contributed by atoms with Crippen LogP contribution in [0.5, 0.6) is 11.5 Å². The van der Waals surface area contributed by atoms with Crippen LogP contribution >= 0.6 is 11.8 Å². The molecule has 4 N–H and O–H groups in total. The number of nitrogens with two attached hydrogens (primary N) is 2. The molecule has 8 nitrogen and oxygen atoms in total. The SMILES string of the molecule is CCN(Cc1ccc(OC)c(OC)c1)C(=O)CSc1nc(N)cc(N)n1. The predicted octanol–water partition coefficient (Wildman–Crippen LogP) is 1.80. The Morgan fingerprint density at radius 2 is 1.77 bits per heavy atom. The van der Waals surface area contributed by atoms with Crippen molar-refractivity contribution >= 4 is 29.3 Å². The number of anilines is 2. The summed E-state index contributed by atoms with van der Waals surface area (Å²) in [7, 11) is 3.17. The lowest BCUT2D eigenvalue weighted by Gasteiger charge is -2.21. The number of methoxy groups -OCH3 is 2. The fraction of sp³-hybridized carbons (Fsp3) is 0.353. The van der Waals surface area contributed by atoms with E-state index in [1.165, 1.54) is 17.8 Å². The quantitative estimate of drug-likeness (QED) is 0.528. The molecular weight excluding hydrogens is 354 g/mol. The molecule has 0 bridgehead atoms. The highest BCUT2D eigenvalue weighted by atomic mass is 32.2. The minimum absolute atomic E-state index is 0.0307. The lowest BCUT2D eigenvalue weighted by Crippen LogP contribution is -2.31. The number of ether oxygens (including phenoxy) is 2. The summed E-state index contributed by atoms with van der Waals surface area (Å²) in [5.41, 5.74) is 12.2. The molecule has 0 radical (unpaired) electrons. The molecule has 9 heteroatoms. The van der Waals surface area contributed by atoms with Crippen molar-refractivity contribution in [2.75, 3.05) is 38.0 Å². The zero-order valence-electron chi connectivity index (χ0n) is 15.1. The van der Waals surface area contributed by atoms with Gasteiger partial charge < -0.3 is 25.8 Å². The molecule has 0 spiro atoms. The smallest absolute Gasteiger partial charge is 0.233 e. The normalized spacial score (nSPS) is 10.4. The maximum atomic E-state index is 12.5. The van der Waals surface area contributed by atoms with E-state index in [0.717, 1.165) is 5.56 Å². The monoisotopic (exact) mass is 377 g/mol. The van der Waals surface area contributed by atoms with E-state index in [9.17, 15) is 4.79 Å². The molecule has 0 fully saturated rings. The van der Waals surface area contributed by atoms with Crippen LogP contribution in [0.2, 0.25) is 0 Å². The van der Waals surface area contributed by atoms with Crippen LogP contribution in [0.4, 0.5) is 11.6 Å². The number of hydrogen-bond donors (Lipinski definition) is 2. The molecule has 0 aliphatic rings. The second-order valence-corrected chi connectivity index (χ2v) is 6.33. The van der Waals surface area contributed by atoms with Gasteiger partial charge in [0.1, 0.15) is 11.6 Å². The molecule has 1 aromatic carbocycles. The highest BCUT2D eigenvalue weighted by Gasteiger charge is 2.15. The summed E-state index contributed by atoms with van der Waals surface area (Å²) in [6, 6.07) is 7.07. The maximum Gasteiger partial charge on any atom is 0.233 e. The van der Waals surface area contributed by atoms with Gasteiger partial charge in [-0.05, 0) is 24.6 Å². The van der Waals surface area contributed by atoms with Crippen LogP contribution in [0.15, 0.2) is 29.4 Å². The number of carbonyl (C=O) groups is 1. The van der Waals surface area contributed by atoms with Gasteiger partial charge in [0.25, 0.3) is 0 Å². The van der Waals surface area contributed by atoms with Gasteiger partial charge in [-0.2, -0.15) is 0 Å². The van der Waals surface area contributed by atoms with Crippen LogP contribution in [-0.2, 0) is 11.3 Å². The van der Waals surface area contributed by atoms with E-state index in [0.29, 0.717) is 29.7 Å². The second kappa shape index (κ2) is 9.14. The molecule has 2 rings (SSSR count). The Hall–Kier alpha value is -2.68. The molecule has 0 aliphatic heterocycles. The summed E-state index contributed by atoms with van der Waals surface area (Å²) in [4.78, 5) is 22.4. The lowest BCUT2D eigenvalue weighted by atomic mass is 10.2. The van der Waals surface area contributed by atoms with Crippen molar-refractivity contribution in [3.05, 3.63) is 29.8 Å². The van der Waals surface area contributed by atoms with Crippen molar-refractivity contribution in [3.8, 4) is 11.5 Å². The first kappa shape index (κ1) is 19.6. The van der Waals surface area contributed by atoms with Gasteiger partial charge in [0.05, 0.1) is 20.0 Å². The first-order valence-electron chi connectivity index (χ1n) is 7.98. The first-order valence-corrected chi connectivity index (χ1v) is 8.96. The number of benzene rings is 1. The molecule has 1 heterocycles. The van der Waals surface area contributed by atoms with Crippen molar-refractivity contribution in [1.82, 2.24) is 14.9 Å². The van der Waals surface area contributed by atoms with Crippen LogP contribution in [0.1, 0.15) is 12.5 Å². The third-order valence-electron chi connectivity index (χ3n) is 3.63. The zero-order chi connectivity index (χ0) is 19.1. The number of aromatic nitrogens is 2. The molecule has 26 heavy (non-hydrogen) atoms. The van der Waals surface area contributed by atoms with Crippen molar-refractivity contribution in [3.63, 3.8) is 0 Å². The number of nitrogens with zero attached hydrogens (tertiary/aromatic N) is 3. The van der Waals surface area contributed by atoms with E-state index in [1.807, 2.05) is 25.1 Å². The Morgan fingerprint density at radius 3 is 2.35 bits per heavy atom. The number of hydrogen-bond acceptors (Lipinski definition) is 8. The molecule has 1 aromatic heterocycles. The zero-order valence-corrected chi connectivity index (χ0v) is 15.9. The molecule has 140 valence electrons. The van der Waals surface area contributed by atoms with Crippen molar-refractivity contribution < 1.29 is 14.3 Å². The summed E-state index contributed by atoms with van der Waals surface area (Å²) < 4.78 is 10.5. The predicted molar refractivity (Wildman–Crippen MR) is 102 cm³/mol. The molecule has 0 saturated carbocycles. The molecule has 0 saturated heterocycles. The van der Waals surface area contributed by atoms with E-state index in [4.69, 9.17) is 20.9 Å². The van der Waals surface area contributed by atoms with Gasteiger partial charge in [-0.1, -0.05) is 17.8 Å². The standard InChI is InChI=1S/C17H23N5O3S/c1-4-22(9-11-5-6-12(24-2)13(7-11)25-3)16(23)10-26-17-20-14(18)8-15(19)21-17/h5-8H,4,9-10H2,1-3H3,(H4,18,19,20,21). The molecule has 0 aliphatic carbocycles. The van der Waals surface area contributed by atoms with Crippen molar-refractivity contribution in [1.29, 1.82) is 0 Å². The van der Waals surface area contributed by atoms with Gasteiger partial charge in [0.15, 0.2) is 16.7 Å². The van der Waals surface area contributed by atoms with Crippen LogP contribution < -0.4 is 20.9 Å². The van der Waals surface area contributed by atoms with Gasteiger partial charge in [-0.3, -0.25) is 4.79 Å². The maximum absolute atomic E-state index is 12.5. The van der Waals surface area contributed by atoms with E-state index in [-0.39, 0.29) is 23.3 Å². The molecule has 0 atom stereocenters. The molecular formula is C17H23N5O3S. The number of amides is 1. The molecule has 1 amide bonds. The topological polar surface area (TPSA) is 117 Å². The number of thioether (sulfide) groups is 1. The Morgan fingerprint density at radius 1 is 1.12 bits per heavy atom.